The lowest BCUT2D eigenvalue weighted by atomic mass is 10.1. The van der Waals surface area contributed by atoms with Gasteiger partial charge < -0.3 is 0 Å². The highest BCUT2D eigenvalue weighted by Gasteiger charge is 2.18. The van der Waals surface area contributed by atoms with Gasteiger partial charge in [-0.1, -0.05) is 11.6 Å². The Bertz CT molecular complexity index is 379. The molecule has 0 aromatic heterocycles. The molecule has 0 amide bonds. The summed E-state index contributed by atoms with van der Waals surface area (Å²) in [4.78, 5) is 11.4. The molecule has 0 fully saturated rings. The SMILES string of the molecule is CC(Cl)C(=O)c1cc(Cl)c(Br)cc1F. The summed E-state index contributed by atoms with van der Waals surface area (Å²) < 4.78 is 13.7. The molecule has 0 N–H and O–H groups in total. The molecular weight excluding hydrogens is 294 g/mol. The van der Waals surface area contributed by atoms with Crippen LogP contribution in [0.3, 0.4) is 0 Å². The van der Waals surface area contributed by atoms with E-state index in [1.807, 2.05) is 0 Å². The zero-order valence-electron chi connectivity index (χ0n) is 7.15. The van der Waals surface area contributed by atoms with Crippen molar-refractivity contribution in [3.05, 3.63) is 33.0 Å². The molecule has 1 aromatic carbocycles. The Labute approximate surface area is 99.3 Å². The lowest BCUT2D eigenvalue weighted by Crippen LogP contribution is -2.12. The van der Waals surface area contributed by atoms with Crippen LogP contribution < -0.4 is 0 Å². The molecule has 0 spiro atoms. The van der Waals surface area contributed by atoms with Crippen LogP contribution in [0.15, 0.2) is 16.6 Å². The quantitative estimate of drug-likeness (QED) is 0.457. The number of hydrogen-bond donors (Lipinski definition) is 0. The Balaban J connectivity index is 3.22. The van der Waals surface area contributed by atoms with Crippen LogP contribution in [-0.2, 0) is 0 Å². The number of carbonyl (C=O) groups is 1. The molecule has 0 aliphatic carbocycles. The molecule has 1 unspecified atom stereocenters. The van der Waals surface area contributed by atoms with E-state index in [-0.39, 0.29) is 10.6 Å². The fourth-order valence-corrected chi connectivity index (χ4v) is 1.52. The van der Waals surface area contributed by atoms with E-state index in [9.17, 15) is 9.18 Å². The number of alkyl halides is 1. The van der Waals surface area contributed by atoms with Gasteiger partial charge in [0.15, 0.2) is 5.78 Å². The van der Waals surface area contributed by atoms with Crippen molar-refractivity contribution >= 4 is 44.9 Å². The molecule has 1 aromatic rings. The maximum atomic E-state index is 13.3. The first-order chi connectivity index (χ1) is 6.43. The van der Waals surface area contributed by atoms with Gasteiger partial charge in [-0.05, 0) is 35.0 Å². The highest BCUT2D eigenvalue weighted by molar-refractivity contribution is 9.10. The summed E-state index contributed by atoms with van der Waals surface area (Å²) in [6.07, 6.45) is 0. The third-order valence-corrected chi connectivity index (χ3v) is 3.03. The molecule has 1 nitrogen and oxygen atoms in total. The fourth-order valence-electron chi connectivity index (χ4n) is 0.926. The molecule has 5 heteroatoms. The predicted octanol–water partition coefficient (Wildman–Crippen LogP) is 4.05. The molecular formula is C9H6BrCl2FO. The maximum absolute atomic E-state index is 13.3. The summed E-state index contributed by atoms with van der Waals surface area (Å²) in [7, 11) is 0. The molecule has 14 heavy (non-hydrogen) atoms. The van der Waals surface area contributed by atoms with E-state index in [0.29, 0.717) is 4.47 Å². The lowest BCUT2D eigenvalue weighted by Gasteiger charge is -2.05. The summed E-state index contributed by atoms with van der Waals surface area (Å²) in [6.45, 7) is 1.49. The molecule has 0 aliphatic rings. The van der Waals surface area contributed by atoms with Crippen LogP contribution in [0.5, 0.6) is 0 Å². The molecule has 76 valence electrons. The largest absolute Gasteiger partial charge is 0.292 e. The molecule has 0 saturated heterocycles. The van der Waals surface area contributed by atoms with Crippen molar-refractivity contribution < 1.29 is 9.18 Å². The highest BCUT2D eigenvalue weighted by Crippen LogP contribution is 2.26. The van der Waals surface area contributed by atoms with Crippen molar-refractivity contribution in [1.29, 1.82) is 0 Å². The molecule has 0 heterocycles. The molecule has 1 atom stereocenters. The topological polar surface area (TPSA) is 17.1 Å². The van der Waals surface area contributed by atoms with Crippen molar-refractivity contribution in [2.45, 2.75) is 12.3 Å². The van der Waals surface area contributed by atoms with E-state index in [2.05, 4.69) is 15.9 Å². The van der Waals surface area contributed by atoms with Crippen LogP contribution in [0.25, 0.3) is 0 Å². The Kier molecular flexibility index (Phi) is 3.93. The minimum absolute atomic E-state index is 0.0827. The van der Waals surface area contributed by atoms with Crippen molar-refractivity contribution in [1.82, 2.24) is 0 Å². The molecule has 0 aliphatic heterocycles. The standard InChI is InChI=1S/C9H6BrCl2FO/c1-4(11)9(14)5-2-7(12)6(10)3-8(5)13/h2-4H,1H3. The van der Waals surface area contributed by atoms with E-state index < -0.39 is 17.0 Å². The van der Waals surface area contributed by atoms with Crippen molar-refractivity contribution in [3.8, 4) is 0 Å². The van der Waals surface area contributed by atoms with Gasteiger partial charge >= 0.3 is 0 Å². The van der Waals surface area contributed by atoms with Crippen molar-refractivity contribution in [3.63, 3.8) is 0 Å². The Hall–Kier alpha value is -0.120. The van der Waals surface area contributed by atoms with Gasteiger partial charge in [-0.15, -0.1) is 11.6 Å². The Morgan fingerprint density at radius 2 is 2.14 bits per heavy atom. The maximum Gasteiger partial charge on any atom is 0.183 e. The molecule has 0 radical (unpaired) electrons. The minimum Gasteiger partial charge on any atom is -0.292 e. The van der Waals surface area contributed by atoms with Gasteiger partial charge in [0.1, 0.15) is 5.82 Å². The van der Waals surface area contributed by atoms with Crippen molar-refractivity contribution in [2.24, 2.45) is 0 Å². The van der Waals surface area contributed by atoms with E-state index in [0.717, 1.165) is 6.07 Å². The monoisotopic (exact) mass is 298 g/mol. The van der Waals surface area contributed by atoms with E-state index in [4.69, 9.17) is 23.2 Å². The summed E-state index contributed by atoms with van der Waals surface area (Å²) in [5.74, 6) is -1.10. The minimum atomic E-state index is -0.762. The van der Waals surface area contributed by atoms with E-state index >= 15 is 0 Å². The van der Waals surface area contributed by atoms with Gasteiger partial charge in [0.05, 0.1) is 16.0 Å². The number of Topliss-reactive ketones (excluding diaryl/α,β-unsaturated/α-hetero) is 1. The summed E-state index contributed by atoms with van der Waals surface area (Å²) in [5, 5.41) is -0.478. The third kappa shape index (κ3) is 2.47. The fraction of sp³-hybridized carbons (Fsp3) is 0.222. The van der Waals surface area contributed by atoms with Gasteiger partial charge in [0, 0.05) is 4.47 Å². The Morgan fingerprint density at radius 3 is 2.64 bits per heavy atom. The smallest absolute Gasteiger partial charge is 0.183 e. The lowest BCUT2D eigenvalue weighted by molar-refractivity contribution is 0.0988. The molecule has 1 rings (SSSR count). The molecule has 0 saturated carbocycles. The summed E-state index contributed by atoms with van der Waals surface area (Å²) in [5.41, 5.74) is -0.0827. The van der Waals surface area contributed by atoms with Gasteiger partial charge in [0.25, 0.3) is 0 Å². The van der Waals surface area contributed by atoms with Crippen LogP contribution in [0.2, 0.25) is 5.02 Å². The van der Waals surface area contributed by atoms with E-state index in [1.54, 1.807) is 0 Å². The first-order valence-corrected chi connectivity index (χ1v) is 5.37. The van der Waals surface area contributed by atoms with Crippen LogP contribution in [0.1, 0.15) is 17.3 Å². The average molecular weight is 300 g/mol. The van der Waals surface area contributed by atoms with Crippen LogP contribution in [-0.4, -0.2) is 11.2 Å². The predicted molar refractivity (Wildman–Crippen MR) is 58.8 cm³/mol. The number of ketones is 1. The first-order valence-electron chi connectivity index (χ1n) is 3.76. The number of hydrogen-bond acceptors (Lipinski definition) is 1. The number of rotatable bonds is 2. The summed E-state index contributed by atoms with van der Waals surface area (Å²) >= 11 is 14.3. The van der Waals surface area contributed by atoms with Gasteiger partial charge in [-0.2, -0.15) is 0 Å². The number of halogens is 4. The normalized spacial score (nSPS) is 12.6. The van der Waals surface area contributed by atoms with Gasteiger partial charge in [-0.3, -0.25) is 4.79 Å². The highest BCUT2D eigenvalue weighted by atomic mass is 79.9. The number of benzene rings is 1. The Morgan fingerprint density at radius 1 is 1.57 bits per heavy atom. The average Bonchev–Trinajstić information content (AvgIpc) is 2.10. The van der Waals surface area contributed by atoms with Crippen LogP contribution >= 0.6 is 39.1 Å². The zero-order chi connectivity index (χ0) is 10.9. The van der Waals surface area contributed by atoms with Crippen LogP contribution in [0.4, 0.5) is 4.39 Å². The molecule has 0 bridgehead atoms. The second kappa shape index (κ2) is 4.60. The second-order valence-electron chi connectivity index (χ2n) is 2.73. The third-order valence-electron chi connectivity index (χ3n) is 1.64. The van der Waals surface area contributed by atoms with Gasteiger partial charge in [-0.25, -0.2) is 4.39 Å². The van der Waals surface area contributed by atoms with Gasteiger partial charge in [0.2, 0.25) is 0 Å². The summed E-state index contributed by atoms with van der Waals surface area (Å²) in [6, 6.07) is 2.41. The second-order valence-corrected chi connectivity index (χ2v) is 4.64. The first kappa shape index (κ1) is 12.0. The van der Waals surface area contributed by atoms with E-state index in [1.165, 1.54) is 13.0 Å². The van der Waals surface area contributed by atoms with Crippen molar-refractivity contribution in [2.75, 3.05) is 0 Å². The number of carbonyl (C=O) groups excluding carboxylic acids is 1. The van der Waals surface area contributed by atoms with Crippen LogP contribution in [0, 0.1) is 5.82 Å². The zero-order valence-corrected chi connectivity index (χ0v) is 10.3.